The molecule has 12 heteroatoms. The fourth-order valence-corrected chi connectivity index (χ4v) is 5.06. The number of ether oxygens (including phenoxy) is 5. The predicted octanol–water partition coefficient (Wildman–Crippen LogP) is -0.0312. The van der Waals surface area contributed by atoms with E-state index in [1.165, 1.54) is 26.4 Å². The van der Waals surface area contributed by atoms with E-state index in [1.54, 1.807) is 24.3 Å². The van der Waals surface area contributed by atoms with Crippen LogP contribution in [0.2, 0.25) is 0 Å². The monoisotopic (exact) mass is 538 g/mol. The average molecular weight is 539 g/mol. The Balaban J connectivity index is 1.65. The van der Waals surface area contributed by atoms with Gasteiger partial charge in [0.25, 0.3) is 0 Å². The van der Waals surface area contributed by atoms with Gasteiger partial charge in [0, 0.05) is 18.4 Å². The van der Waals surface area contributed by atoms with Gasteiger partial charge < -0.3 is 59.4 Å². The van der Waals surface area contributed by atoms with Crippen molar-refractivity contribution >= 4 is 0 Å². The van der Waals surface area contributed by atoms with Gasteiger partial charge in [0.05, 0.1) is 39.6 Å². The predicted molar refractivity (Wildman–Crippen MR) is 130 cm³/mol. The van der Waals surface area contributed by atoms with Crippen molar-refractivity contribution in [3.8, 4) is 23.0 Å². The molecule has 38 heavy (non-hydrogen) atoms. The number of aliphatic hydroxyl groups excluding tert-OH is 5. The number of phenols is 2. The highest BCUT2D eigenvalue weighted by Crippen LogP contribution is 2.51. The standard InChI is InChI=1S/C26H34O12/c1-34-18-7-12(3-5-16(18)29)24-14(9-27)15(25(38-24)13-4-6-17(30)19(8-13)35-2)11-36-26-23(33)22(32)21(31)20(10-28)37-26/h3-8,14-15,20-33H,9-11H2,1-2H3/t14-,15-,20-,21-,22+,23-,24+,25+,26-/m1/s1. The highest BCUT2D eigenvalue weighted by Gasteiger charge is 2.48. The molecule has 0 aromatic heterocycles. The molecule has 0 unspecified atom stereocenters. The maximum Gasteiger partial charge on any atom is 0.186 e. The van der Waals surface area contributed by atoms with Crippen LogP contribution >= 0.6 is 0 Å². The zero-order chi connectivity index (χ0) is 27.6. The summed E-state index contributed by atoms with van der Waals surface area (Å²) < 4.78 is 28.2. The molecule has 2 heterocycles. The molecule has 0 aliphatic carbocycles. The largest absolute Gasteiger partial charge is 0.504 e. The van der Waals surface area contributed by atoms with Crippen LogP contribution in [0.3, 0.4) is 0 Å². The number of methoxy groups -OCH3 is 2. The van der Waals surface area contributed by atoms with Crippen LogP contribution in [0.1, 0.15) is 23.3 Å². The van der Waals surface area contributed by atoms with Crippen molar-refractivity contribution < 1.29 is 59.4 Å². The SMILES string of the molecule is COc1cc([C@@H]2O[C@@H](c3ccc(O)c(OC)c3)[C@H](CO[C@@H]3O[C@H](CO)[C@@H](O)[C@H](O)[C@H]3O)[C@H]2CO)ccc1O. The Labute approximate surface area is 219 Å². The molecular weight excluding hydrogens is 504 g/mol. The fourth-order valence-electron chi connectivity index (χ4n) is 5.06. The second kappa shape index (κ2) is 12.0. The molecule has 2 aromatic rings. The van der Waals surface area contributed by atoms with E-state index in [0.717, 1.165) is 0 Å². The van der Waals surface area contributed by atoms with Crippen molar-refractivity contribution in [1.29, 1.82) is 0 Å². The van der Waals surface area contributed by atoms with Crippen molar-refractivity contribution in [2.45, 2.75) is 42.9 Å². The summed E-state index contributed by atoms with van der Waals surface area (Å²) in [7, 11) is 2.83. The van der Waals surface area contributed by atoms with Crippen molar-refractivity contribution in [2.24, 2.45) is 11.8 Å². The smallest absolute Gasteiger partial charge is 0.186 e. The van der Waals surface area contributed by atoms with Crippen molar-refractivity contribution in [3.05, 3.63) is 47.5 Å². The van der Waals surface area contributed by atoms with Gasteiger partial charge in [-0.2, -0.15) is 0 Å². The second-order valence-corrected chi connectivity index (χ2v) is 9.38. The summed E-state index contributed by atoms with van der Waals surface area (Å²) in [6, 6.07) is 9.44. The van der Waals surface area contributed by atoms with Crippen LogP contribution in [0.15, 0.2) is 36.4 Å². The minimum absolute atomic E-state index is 0.0582. The molecule has 0 bridgehead atoms. The summed E-state index contributed by atoms with van der Waals surface area (Å²) in [5.41, 5.74) is 1.25. The van der Waals surface area contributed by atoms with Crippen molar-refractivity contribution in [2.75, 3.05) is 34.0 Å². The summed E-state index contributed by atoms with van der Waals surface area (Å²) in [4.78, 5) is 0. The maximum atomic E-state index is 10.4. The van der Waals surface area contributed by atoms with Crippen LogP contribution in [0, 0.1) is 11.8 Å². The minimum atomic E-state index is -1.60. The third-order valence-corrected chi connectivity index (χ3v) is 7.20. The van der Waals surface area contributed by atoms with E-state index in [4.69, 9.17) is 23.7 Å². The molecule has 0 saturated carbocycles. The van der Waals surface area contributed by atoms with Gasteiger partial charge in [-0.1, -0.05) is 12.1 Å². The summed E-state index contributed by atoms with van der Waals surface area (Å²) >= 11 is 0. The molecule has 0 spiro atoms. The van der Waals surface area contributed by atoms with Crippen LogP contribution in [0.5, 0.6) is 23.0 Å². The normalized spacial score (nSPS) is 33.3. The number of aromatic hydroxyl groups is 2. The van der Waals surface area contributed by atoms with E-state index in [1.807, 2.05) is 0 Å². The number of phenolic OH excluding ortho intramolecular Hbond substituents is 2. The van der Waals surface area contributed by atoms with E-state index < -0.39 is 61.4 Å². The highest BCUT2D eigenvalue weighted by molar-refractivity contribution is 5.44. The van der Waals surface area contributed by atoms with Gasteiger partial charge in [-0.25, -0.2) is 0 Å². The zero-order valence-corrected chi connectivity index (χ0v) is 21.0. The van der Waals surface area contributed by atoms with E-state index in [0.29, 0.717) is 11.1 Å². The molecule has 2 saturated heterocycles. The van der Waals surface area contributed by atoms with Gasteiger partial charge in [-0.15, -0.1) is 0 Å². The summed E-state index contributed by atoms with van der Waals surface area (Å²) in [6.45, 7) is -1.03. The Bertz CT molecular complexity index is 1080. The zero-order valence-electron chi connectivity index (χ0n) is 21.0. The number of rotatable bonds is 9. The first kappa shape index (κ1) is 28.3. The molecule has 4 rings (SSSR count). The molecule has 9 atom stereocenters. The molecule has 2 aliphatic heterocycles. The fraction of sp³-hybridized carbons (Fsp3) is 0.538. The molecule has 0 radical (unpaired) electrons. The Kier molecular flexibility index (Phi) is 8.96. The van der Waals surface area contributed by atoms with Gasteiger partial charge in [-0.3, -0.25) is 0 Å². The number of benzene rings is 2. The first-order chi connectivity index (χ1) is 18.2. The minimum Gasteiger partial charge on any atom is -0.504 e. The molecule has 0 amide bonds. The Morgan fingerprint density at radius 2 is 1.26 bits per heavy atom. The van der Waals surface area contributed by atoms with Gasteiger partial charge in [0.1, 0.15) is 24.4 Å². The van der Waals surface area contributed by atoms with Crippen LogP contribution < -0.4 is 9.47 Å². The Morgan fingerprint density at radius 3 is 1.76 bits per heavy atom. The number of aliphatic hydroxyl groups is 5. The van der Waals surface area contributed by atoms with E-state index in [-0.39, 0.29) is 36.2 Å². The lowest BCUT2D eigenvalue weighted by atomic mass is 9.83. The van der Waals surface area contributed by atoms with Crippen LogP contribution in [-0.2, 0) is 14.2 Å². The van der Waals surface area contributed by atoms with Crippen LogP contribution in [-0.4, -0.2) is 100 Å². The summed E-state index contributed by atoms with van der Waals surface area (Å²) in [5.74, 6) is -0.758. The topological polar surface area (TPSA) is 188 Å². The molecule has 12 nitrogen and oxygen atoms in total. The molecular formula is C26H34O12. The molecule has 210 valence electrons. The van der Waals surface area contributed by atoms with Gasteiger partial charge >= 0.3 is 0 Å². The van der Waals surface area contributed by atoms with Crippen molar-refractivity contribution in [1.82, 2.24) is 0 Å². The van der Waals surface area contributed by atoms with E-state index in [2.05, 4.69) is 0 Å². The van der Waals surface area contributed by atoms with Crippen LogP contribution in [0.4, 0.5) is 0 Å². The molecule has 2 aliphatic rings. The summed E-state index contributed by atoms with van der Waals surface area (Å²) in [5, 5.41) is 70.6. The van der Waals surface area contributed by atoms with Gasteiger partial charge in [-0.05, 0) is 35.4 Å². The third kappa shape index (κ3) is 5.40. The lowest BCUT2D eigenvalue weighted by Crippen LogP contribution is -2.59. The first-order valence-electron chi connectivity index (χ1n) is 12.2. The van der Waals surface area contributed by atoms with E-state index >= 15 is 0 Å². The van der Waals surface area contributed by atoms with E-state index in [9.17, 15) is 35.7 Å². The first-order valence-corrected chi connectivity index (χ1v) is 12.2. The third-order valence-electron chi connectivity index (χ3n) is 7.20. The number of hydrogen-bond acceptors (Lipinski definition) is 12. The Morgan fingerprint density at radius 1 is 0.711 bits per heavy atom. The Hall–Kier alpha value is -2.68. The molecule has 2 aromatic carbocycles. The van der Waals surface area contributed by atoms with Crippen molar-refractivity contribution in [3.63, 3.8) is 0 Å². The highest BCUT2D eigenvalue weighted by atomic mass is 16.7. The maximum absolute atomic E-state index is 10.4. The van der Waals surface area contributed by atoms with Crippen LogP contribution in [0.25, 0.3) is 0 Å². The molecule has 7 N–H and O–H groups in total. The second-order valence-electron chi connectivity index (χ2n) is 9.38. The summed E-state index contributed by atoms with van der Waals surface area (Å²) in [6.07, 6.45) is -8.57. The average Bonchev–Trinajstić information content (AvgIpc) is 3.30. The lowest BCUT2D eigenvalue weighted by molar-refractivity contribution is -0.304. The lowest BCUT2D eigenvalue weighted by Gasteiger charge is -2.40. The molecule has 2 fully saturated rings. The van der Waals surface area contributed by atoms with Gasteiger partial charge in [0.15, 0.2) is 29.3 Å². The number of hydrogen-bond donors (Lipinski definition) is 7. The van der Waals surface area contributed by atoms with Gasteiger partial charge in [0.2, 0.25) is 0 Å². The quantitative estimate of drug-likeness (QED) is 0.226.